The van der Waals surface area contributed by atoms with Crippen molar-refractivity contribution in [3.8, 4) is 0 Å². The minimum atomic E-state index is -2.30. The molecule has 0 aromatic carbocycles. The van der Waals surface area contributed by atoms with Gasteiger partial charge in [0.05, 0.1) is 25.7 Å². The Morgan fingerprint density at radius 2 is 1.77 bits per heavy atom. The molecular weight excluding hydrogens is 634 g/mol. The second-order valence-corrected chi connectivity index (χ2v) is 14.8. The summed E-state index contributed by atoms with van der Waals surface area (Å²) in [6, 6.07) is 0. The first-order chi connectivity index (χ1) is 22.2. The summed E-state index contributed by atoms with van der Waals surface area (Å²) in [5.74, 6) is -7.70. The summed E-state index contributed by atoms with van der Waals surface area (Å²) in [7, 11) is 1.07. The number of esters is 4. The molecule has 3 N–H and O–H groups in total. The molecule has 0 radical (unpaired) electrons. The number of hydrogen-bond donors (Lipinski definition) is 3. The number of carbonyl (C=O) groups excluding carboxylic acids is 6. The van der Waals surface area contributed by atoms with Gasteiger partial charge in [-0.15, -0.1) is 0 Å². The molecule has 15 heteroatoms. The van der Waals surface area contributed by atoms with E-state index in [0.29, 0.717) is 11.1 Å². The maximum absolute atomic E-state index is 13.8. The van der Waals surface area contributed by atoms with E-state index < -0.39 is 107 Å². The second kappa shape index (κ2) is 11.9. The SMILES string of the molecule is COC(=O)[C@@]12OC[C@]34C([C@@H](O)[C@@H]1O)[C@@]1(C)CC(=O)C(OC(=O)CNC(=O)OC(C)(C)C)=C(C)[C@@H]1C[C@H]3OC(=O)[C@H](OC(=O)C=C(C)C)[C@@H]24. The third-order valence-corrected chi connectivity index (χ3v) is 10.5. The minimum Gasteiger partial charge on any atom is -0.467 e. The molecule has 2 bridgehead atoms. The second-order valence-electron chi connectivity index (χ2n) is 14.8. The van der Waals surface area contributed by atoms with Gasteiger partial charge in [-0.05, 0) is 64.9 Å². The van der Waals surface area contributed by atoms with Crippen LogP contribution in [0.5, 0.6) is 0 Å². The Labute approximate surface area is 277 Å². The summed E-state index contributed by atoms with van der Waals surface area (Å²) in [6.07, 6.45) is -6.31. The molecule has 5 aliphatic rings. The van der Waals surface area contributed by atoms with Crippen LogP contribution in [0.25, 0.3) is 0 Å². The first kappa shape index (κ1) is 35.5. The van der Waals surface area contributed by atoms with Gasteiger partial charge in [0.1, 0.15) is 24.4 Å². The van der Waals surface area contributed by atoms with Crippen molar-refractivity contribution in [1.82, 2.24) is 5.32 Å². The van der Waals surface area contributed by atoms with E-state index in [1.807, 2.05) is 0 Å². The van der Waals surface area contributed by atoms with Gasteiger partial charge in [0.15, 0.2) is 11.5 Å². The molecule has 1 spiro atoms. The molecule has 10 atom stereocenters. The van der Waals surface area contributed by atoms with Gasteiger partial charge < -0.3 is 44.0 Å². The Bertz CT molecular complexity index is 1510. The van der Waals surface area contributed by atoms with Crippen molar-refractivity contribution in [3.05, 3.63) is 23.0 Å². The summed E-state index contributed by atoms with van der Waals surface area (Å²) >= 11 is 0. The van der Waals surface area contributed by atoms with Crippen LogP contribution in [0.2, 0.25) is 0 Å². The van der Waals surface area contributed by atoms with Crippen LogP contribution in [-0.2, 0) is 52.4 Å². The van der Waals surface area contributed by atoms with Crippen molar-refractivity contribution in [1.29, 1.82) is 0 Å². The summed E-state index contributed by atoms with van der Waals surface area (Å²) in [4.78, 5) is 78.6. The fourth-order valence-electron chi connectivity index (χ4n) is 8.99. The van der Waals surface area contributed by atoms with Crippen molar-refractivity contribution < 1.29 is 67.4 Å². The number of methoxy groups -OCH3 is 1. The Morgan fingerprint density at radius 3 is 2.38 bits per heavy atom. The van der Waals surface area contributed by atoms with Gasteiger partial charge in [0, 0.05) is 23.8 Å². The third-order valence-electron chi connectivity index (χ3n) is 10.5. The Balaban J connectivity index is 1.54. The van der Waals surface area contributed by atoms with Gasteiger partial charge in [-0.3, -0.25) is 4.79 Å². The van der Waals surface area contributed by atoms with Gasteiger partial charge in [-0.2, -0.15) is 0 Å². The number of fused-ring (bicyclic) bond motifs is 2. The molecule has 15 nitrogen and oxygen atoms in total. The highest BCUT2D eigenvalue weighted by Crippen LogP contribution is 2.72. The summed E-state index contributed by atoms with van der Waals surface area (Å²) in [6.45, 7) is 10.7. The van der Waals surface area contributed by atoms with Crippen LogP contribution in [0.15, 0.2) is 23.0 Å². The number of amides is 1. The first-order valence-electron chi connectivity index (χ1n) is 15.8. The molecule has 2 aliphatic heterocycles. The molecule has 3 aliphatic carbocycles. The van der Waals surface area contributed by atoms with Crippen LogP contribution >= 0.6 is 0 Å². The molecule has 48 heavy (non-hydrogen) atoms. The van der Waals surface area contributed by atoms with Crippen LogP contribution in [0.4, 0.5) is 4.79 Å². The van der Waals surface area contributed by atoms with Crippen molar-refractivity contribution in [2.24, 2.45) is 28.6 Å². The molecular formula is C33H43NO14. The zero-order valence-electron chi connectivity index (χ0n) is 28.2. The minimum absolute atomic E-state index is 0.0592. The monoisotopic (exact) mass is 677 g/mol. The number of carbonyl (C=O) groups is 6. The van der Waals surface area contributed by atoms with Crippen LogP contribution in [0.3, 0.4) is 0 Å². The summed E-state index contributed by atoms with van der Waals surface area (Å²) in [5, 5.41) is 25.9. The molecule has 4 fully saturated rings. The van der Waals surface area contributed by atoms with E-state index >= 15 is 0 Å². The van der Waals surface area contributed by atoms with Crippen LogP contribution in [0, 0.1) is 28.6 Å². The standard InChI is InChI=1S/C33H43NO14/c1-14(2)9-19(36)46-23-25-32-13-44-33(25,28(41)43-8)26(39)21(38)24(32)31(7)11-17(35)22(15(3)16(31)10-18(32)45-27(23)40)47-20(37)12-34-29(42)48-30(4,5)6/h9,16,18,21,23-26,38-39H,10-13H2,1-8H3,(H,34,42)/t16-,18+,21+,23+,24?,25+,26-,31-,32+,33-/m0/s1. The number of nitrogens with one attached hydrogen (secondary N) is 1. The van der Waals surface area contributed by atoms with Crippen LogP contribution < -0.4 is 5.32 Å². The molecule has 1 unspecified atom stereocenters. The van der Waals surface area contributed by atoms with Gasteiger partial charge in [-0.1, -0.05) is 12.5 Å². The van der Waals surface area contributed by atoms with Crippen LogP contribution in [0.1, 0.15) is 61.3 Å². The number of ketones is 1. The highest BCUT2D eigenvalue weighted by Gasteiger charge is 2.85. The van der Waals surface area contributed by atoms with Crippen molar-refractivity contribution in [2.75, 3.05) is 20.3 Å². The van der Waals surface area contributed by atoms with E-state index in [2.05, 4.69) is 5.32 Å². The maximum atomic E-state index is 13.8. The fourth-order valence-corrected chi connectivity index (χ4v) is 8.99. The molecule has 264 valence electrons. The van der Waals surface area contributed by atoms with E-state index in [-0.39, 0.29) is 25.2 Å². The number of ether oxygens (including phenoxy) is 6. The Morgan fingerprint density at radius 1 is 1.10 bits per heavy atom. The summed E-state index contributed by atoms with van der Waals surface area (Å²) < 4.78 is 33.3. The molecule has 2 saturated heterocycles. The van der Waals surface area contributed by atoms with E-state index in [1.165, 1.54) is 0 Å². The van der Waals surface area contributed by atoms with E-state index in [1.54, 1.807) is 48.5 Å². The smallest absolute Gasteiger partial charge is 0.408 e. The topological polar surface area (TPSA) is 210 Å². The molecule has 1 amide bonds. The quantitative estimate of drug-likeness (QED) is 0.204. The zero-order valence-corrected chi connectivity index (χ0v) is 28.2. The highest BCUT2D eigenvalue weighted by molar-refractivity contribution is 5.98. The highest BCUT2D eigenvalue weighted by atomic mass is 16.6. The average molecular weight is 678 g/mol. The van der Waals surface area contributed by atoms with Gasteiger partial charge in [0.2, 0.25) is 11.7 Å². The lowest BCUT2D eigenvalue weighted by Crippen LogP contribution is -2.79. The van der Waals surface area contributed by atoms with Crippen LogP contribution in [-0.4, -0.2) is 102 Å². The third kappa shape index (κ3) is 5.30. The van der Waals surface area contributed by atoms with Crippen molar-refractivity contribution in [2.45, 2.75) is 96.9 Å². The lowest BCUT2D eigenvalue weighted by atomic mass is 9.38. The average Bonchev–Trinajstić information content (AvgIpc) is 3.27. The molecule has 5 rings (SSSR count). The number of aliphatic hydroxyl groups is 2. The lowest BCUT2D eigenvalue weighted by molar-refractivity contribution is -0.290. The Kier molecular flexibility index (Phi) is 8.83. The van der Waals surface area contributed by atoms with Crippen molar-refractivity contribution in [3.63, 3.8) is 0 Å². The first-order valence-corrected chi connectivity index (χ1v) is 15.8. The predicted molar refractivity (Wildman–Crippen MR) is 160 cm³/mol. The normalized spacial score (nSPS) is 38.1. The van der Waals surface area contributed by atoms with Crippen molar-refractivity contribution >= 4 is 35.8 Å². The molecule has 0 aromatic rings. The molecule has 0 aromatic heterocycles. The van der Waals surface area contributed by atoms with E-state index in [0.717, 1.165) is 13.2 Å². The van der Waals surface area contributed by atoms with Gasteiger partial charge in [0.25, 0.3) is 0 Å². The lowest BCUT2D eigenvalue weighted by Gasteiger charge is -2.67. The number of hydrogen-bond acceptors (Lipinski definition) is 14. The fraction of sp³-hybridized carbons (Fsp3) is 0.697. The summed E-state index contributed by atoms with van der Waals surface area (Å²) in [5.41, 5.74) is -4.75. The zero-order chi connectivity index (χ0) is 35.7. The number of rotatable bonds is 6. The number of allylic oxidation sites excluding steroid dienone is 3. The van der Waals surface area contributed by atoms with E-state index in [9.17, 15) is 39.0 Å². The Hall–Kier alpha value is -3.82. The van der Waals surface area contributed by atoms with E-state index in [4.69, 9.17) is 28.4 Å². The molecule has 2 heterocycles. The predicted octanol–water partition coefficient (Wildman–Crippen LogP) is 1.03. The number of Topliss-reactive ketones (excluding diaryl/α,β-unsaturated/α-hetero) is 1. The number of alkyl carbamates (subject to hydrolysis) is 1. The molecule has 2 saturated carbocycles. The van der Waals surface area contributed by atoms with Gasteiger partial charge in [-0.25, -0.2) is 24.0 Å². The largest absolute Gasteiger partial charge is 0.467 e. The van der Waals surface area contributed by atoms with Gasteiger partial charge >= 0.3 is 30.0 Å². The number of aliphatic hydroxyl groups excluding tert-OH is 2. The maximum Gasteiger partial charge on any atom is 0.408 e.